The number of hydrogen-bond acceptors (Lipinski definition) is 4. The van der Waals surface area contributed by atoms with Gasteiger partial charge in [0.15, 0.2) is 0 Å². The van der Waals surface area contributed by atoms with Crippen LogP contribution in [0.1, 0.15) is 45.4 Å². The molecule has 1 saturated carbocycles. The smallest absolute Gasteiger partial charge is 0.240 e. The van der Waals surface area contributed by atoms with Gasteiger partial charge >= 0.3 is 0 Å². The van der Waals surface area contributed by atoms with Crippen LogP contribution in [-0.2, 0) is 9.53 Å². The van der Waals surface area contributed by atoms with Crippen molar-refractivity contribution in [2.24, 2.45) is 5.73 Å². The quantitative estimate of drug-likeness (QED) is 0.825. The Morgan fingerprint density at radius 1 is 1.42 bits per heavy atom. The van der Waals surface area contributed by atoms with Crippen molar-refractivity contribution in [2.75, 3.05) is 19.0 Å². The van der Waals surface area contributed by atoms with E-state index in [1.54, 1.807) is 0 Å². The molecule has 19 heavy (non-hydrogen) atoms. The van der Waals surface area contributed by atoms with Crippen LogP contribution in [0, 0.1) is 0 Å². The molecule has 1 amide bonds. The molecule has 1 saturated heterocycles. The van der Waals surface area contributed by atoms with Gasteiger partial charge in [-0.25, -0.2) is 0 Å². The Kier molecular flexibility index (Phi) is 5.54. The van der Waals surface area contributed by atoms with Gasteiger partial charge in [-0.15, -0.1) is 0 Å². The molecule has 2 unspecified atom stereocenters. The average molecular weight is 286 g/mol. The van der Waals surface area contributed by atoms with Gasteiger partial charge in [-0.05, 0) is 37.9 Å². The summed E-state index contributed by atoms with van der Waals surface area (Å²) in [6, 6.07) is 0.313. The number of ether oxygens (including phenoxy) is 1. The van der Waals surface area contributed by atoms with Crippen molar-refractivity contribution in [3.63, 3.8) is 0 Å². The number of hydrogen-bond donors (Lipinski definition) is 2. The molecule has 0 aromatic carbocycles. The zero-order valence-electron chi connectivity index (χ0n) is 11.8. The molecular formula is C14H26N2O2S. The number of rotatable bonds is 4. The fourth-order valence-corrected chi connectivity index (χ4v) is 4.13. The van der Waals surface area contributed by atoms with Gasteiger partial charge in [0, 0.05) is 24.5 Å². The zero-order chi connectivity index (χ0) is 13.7. The summed E-state index contributed by atoms with van der Waals surface area (Å²) < 4.78 is 5.29. The van der Waals surface area contributed by atoms with E-state index in [2.05, 4.69) is 12.2 Å². The molecular weight excluding hydrogens is 260 g/mol. The molecule has 0 aromatic rings. The van der Waals surface area contributed by atoms with Crippen LogP contribution in [0.4, 0.5) is 0 Å². The van der Waals surface area contributed by atoms with Crippen LogP contribution in [0.15, 0.2) is 0 Å². The van der Waals surface area contributed by atoms with Gasteiger partial charge in [0.1, 0.15) is 0 Å². The molecule has 0 radical (unpaired) electrons. The predicted molar refractivity (Wildman–Crippen MR) is 79.3 cm³/mol. The minimum atomic E-state index is -0.705. The monoisotopic (exact) mass is 286 g/mol. The number of nitrogens with two attached hydrogens (primary N) is 1. The normalized spacial score (nSPS) is 30.8. The van der Waals surface area contributed by atoms with E-state index in [9.17, 15) is 4.79 Å². The van der Waals surface area contributed by atoms with E-state index in [4.69, 9.17) is 10.5 Å². The summed E-state index contributed by atoms with van der Waals surface area (Å²) in [6.07, 6.45) is 5.96. The van der Waals surface area contributed by atoms with E-state index >= 15 is 0 Å². The van der Waals surface area contributed by atoms with Crippen LogP contribution >= 0.6 is 11.8 Å². The maximum Gasteiger partial charge on any atom is 0.240 e. The van der Waals surface area contributed by atoms with Crippen LogP contribution in [0.2, 0.25) is 0 Å². The standard InChI is InChI=1S/C14H26N2O2S/c1-2-19-12-5-3-4-11(10-12)16-13(17)14(15)6-8-18-9-7-14/h11-12H,2-10,15H2,1H3,(H,16,17). The van der Waals surface area contributed by atoms with Gasteiger partial charge in [-0.2, -0.15) is 11.8 Å². The van der Waals surface area contributed by atoms with E-state index in [-0.39, 0.29) is 5.91 Å². The second-order valence-electron chi connectivity index (χ2n) is 5.68. The lowest BCUT2D eigenvalue weighted by Crippen LogP contribution is -2.59. The SMILES string of the molecule is CCSC1CCCC(NC(=O)C2(N)CCOCC2)C1. The van der Waals surface area contributed by atoms with Gasteiger partial charge < -0.3 is 15.8 Å². The fourth-order valence-electron chi connectivity index (χ4n) is 2.95. The van der Waals surface area contributed by atoms with E-state index in [0.717, 1.165) is 18.6 Å². The van der Waals surface area contributed by atoms with E-state index in [1.165, 1.54) is 12.8 Å². The molecule has 2 aliphatic rings. The Balaban J connectivity index is 1.84. The summed E-state index contributed by atoms with van der Waals surface area (Å²) in [6.45, 7) is 3.40. The molecule has 3 N–H and O–H groups in total. The lowest BCUT2D eigenvalue weighted by Gasteiger charge is -2.35. The largest absolute Gasteiger partial charge is 0.381 e. The summed E-state index contributed by atoms with van der Waals surface area (Å²) in [5.74, 6) is 1.19. The Morgan fingerprint density at radius 2 is 2.16 bits per heavy atom. The second-order valence-corrected chi connectivity index (χ2v) is 7.26. The molecule has 5 heteroatoms. The number of carbonyl (C=O) groups is 1. The molecule has 2 atom stereocenters. The average Bonchev–Trinajstić information content (AvgIpc) is 2.40. The first-order valence-corrected chi connectivity index (χ1v) is 8.48. The summed E-state index contributed by atoms with van der Waals surface area (Å²) >= 11 is 2.02. The van der Waals surface area contributed by atoms with Crippen molar-refractivity contribution in [3.05, 3.63) is 0 Å². The third kappa shape index (κ3) is 4.10. The van der Waals surface area contributed by atoms with Crippen molar-refractivity contribution in [1.82, 2.24) is 5.32 Å². The van der Waals surface area contributed by atoms with Gasteiger partial charge in [0.05, 0.1) is 5.54 Å². The van der Waals surface area contributed by atoms with Crippen molar-refractivity contribution in [1.29, 1.82) is 0 Å². The number of amides is 1. The molecule has 4 nitrogen and oxygen atoms in total. The van der Waals surface area contributed by atoms with Crippen LogP contribution in [0.25, 0.3) is 0 Å². The zero-order valence-corrected chi connectivity index (χ0v) is 12.6. The molecule has 0 aromatic heterocycles. The summed E-state index contributed by atoms with van der Waals surface area (Å²) in [5.41, 5.74) is 5.51. The van der Waals surface area contributed by atoms with Gasteiger partial charge in [0.2, 0.25) is 5.91 Å². The van der Waals surface area contributed by atoms with Crippen LogP contribution in [0.5, 0.6) is 0 Å². The van der Waals surface area contributed by atoms with Crippen molar-refractivity contribution < 1.29 is 9.53 Å². The first-order valence-electron chi connectivity index (χ1n) is 7.43. The molecule has 0 bridgehead atoms. The maximum atomic E-state index is 12.4. The molecule has 2 rings (SSSR count). The molecule has 1 aliphatic heterocycles. The lowest BCUT2D eigenvalue weighted by molar-refractivity contribution is -0.130. The van der Waals surface area contributed by atoms with Gasteiger partial charge in [-0.3, -0.25) is 4.79 Å². The highest BCUT2D eigenvalue weighted by molar-refractivity contribution is 7.99. The summed E-state index contributed by atoms with van der Waals surface area (Å²) in [7, 11) is 0. The molecule has 2 fully saturated rings. The van der Waals surface area contributed by atoms with E-state index in [1.807, 2.05) is 11.8 Å². The molecule has 110 valence electrons. The van der Waals surface area contributed by atoms with Gasteiger partial charge in [0.25, 0.3) is 0 Å². The Labute approximate surface area is 120 Å². The third-order valence-electron chi connectivity index (χ3n) is 4.20. The molecule has 1 heterocycles. The minimum Gasteiger partial charge on any atom is -0.381 e. The predicted octanol–water partition coefficient (Wildman–Crippen LogP) is 1.67. The minimum absolute atomic E-state index is 0.0305. The molecule has 0 spiro atoms. The van der Waals surface area contributed by atoms with Crippen LogP contribution in [-0.4, -0.2) is 41.7 Å². The van der Waals surface area contributed by atoms with Crippen molar-refractivity contribution in [2.45, 2.75) is 62.3 Å². The van der Waals surface area contributed by atoms with Crippen LogP contribution in [0.3, 0.4) is 0 Å². The van der Waals surface area contributed by atoms with E-state index < -0.39 is 5.54 Å². The van der Waals surface area contributed by atoms with Crippen LogP contribution < -0.4 is 11.1 Å². The van der Waals surface area contributed by atoms with Crippen molar-refractivity contribution in [3.8, 4) is 0 Å². The lowest BCUT2D eigenvalue weighted by atomic mass is 9.88. The Morgan fingerprint density at radius 3 is 2.84 bits per heavy atom. The Hall–Kier alpha value is -0.260. The third-order valence-corrected chi connectivity index (χ3v) is 5.43. The molecule has 1 aliphatic carbocycles. The fraction of sp³-hybridized carbons (Fsp3) is 0.929. The highest BCUT2D eigenvalue weighted by Crippen LogP contribution is 2.29. The number of nitrogens with one attached hydrogen (secondary N) is 1. The first kappa shape index (κ1) is 15.1. The van der Waals surface area contributed by atoms with Gasteiger partial charge in [-0.1, -0.05) is 13.3 Å². The topological polar surface area (TPSA) is 64.4 Å². The number of thioether (sulfide) groups is 1. The summed E-state index contributed by atoms with van der Waals surface area (Å²) in [4.78, 5) is 12.4. The first-order chi connectivity index (χ1) is 9.14. The Bertz CT molecular complexity index is 304. The van der Waals surface area contributed by atoms with Crippen molar-refractivity contribution >= 4 is 17.7 Å². The highest BCUT2D eigenvalue weighted by atomic mass is 32.2. The van der Waals surface area contributed by atoms with E-state index in [0.29, 0.717) is 37.3 Å². The second kappa shape index (κ2) is 6.95. The summed E-state index contributed by atoms with van der Waals surface area (Å²) in [5, 5.41) is 3.89. The maximum absolute atomic E-state index is 12.4. The highest BCUT2D eigenvalue weighted by Gasteiger charge is 2.37. The number of carbonyl (C=O) groups excluding carboxylic acids is 1.